The van der Waals surface area contributed by atoms with Gasteiger partial charge in [0.2, 0.25) is 0 Å². The van der Waals surface area contributed by atoms with Crippen LogP contribution in [0.5, 0.6) is 5.75 Å². The quantitative estimate of drug-likeness (QED) is 0.790. The summed E-state index contributed by atoms with van der Waals surface area (Å²) >= 11 is 2.76. The third-order valence-electron chi connectivity index (χ3n) is 1.58. The van der Waals surface area contributed by atoms with E-state index in [1.54, 1.807) is 7.05 Å². The van der Waals surface area contributed by atoms with Gasteiger partial charge >= 0.3 is 0 Å². The molecule has 0 unspecified atom stereocenters. The number of phenolic OH excluding ortho intramolecular Hbond substituents is 1. The fourth-order valence-electron chi connectivity index (χ4n) is 0.960. The number of aromatic hydroxyl groups is 1. The minimum absolute atomic E-state index is 0.238. The van der Waals surface area contributed by atoms with Crippen molar-refractivity contribution in [3.8, 4) is 5.75 Å². The molecule has 0 spiro atoms. The van der Waals surface area contributed by atoms with Gasteiger partial charge in [-0.3, -0.25) is 0 Å². The van der Waals surface area contributed by atoms with E-state index >= 15 is 0 Å². The Hall–Kier alpha value is -0.680. The van der Waals surface area contributed by atoms with Crippen LogP contribution in [0.3, 0.4) is 0 Å². The average molecular weight is 252 g/mol. The molecule has 0 aliphatic rings. The van der Waals surface area contributed by atoms with Crippen molar-refractivity contribution in [2.45, 2.75) is 6.54 Å². The Balaban J connectivity index is 3.24. The van der Waals surface area contributed by atoms with Gasteiger partial charge in [-0.25, -0.2) is 8.78 Å². The molecule has 0 atom stereocenters. The number of hydrogen-bond acceptors (Lipinski definition) is 2. The van der Waals surface area contributed by atoms with Gasteiger partial charge in [0.05, 0.1) is 4.47 Å². The monoisotopic (exact) mass is 251 g/mol. The summed E-state index contributed by atoms with van der Waals surface area (Å²) in [6.07, 6.45) is 0. The second-order valence-electron chi connectivity index (χ2n) is 2.52. The zero-order valence-corrected chi connectivity index (χ0v) is 8.45. The number of hydrogen-bond donors (Lipinski definition) is 2. The Morgan fingerprint density at radius 2 is 2.15 bits per heavy atom. The van der Waals surface area contributed by atoms with Crippen LogP contribution in [0.25, 0.3) is 0 Å². The molecule has 0 amide bonds. The zero-order chi connectivity index (χ0) is 10.0. The van der Waals surface area contributed by atoms with Crippen LogP contribution in [0.2, 0.25) is 0 Å². The van der Waals surface area contributed by atoms with Crippen LogP contribution >= 0.6 is 15.9 Å². The zero-order valence-electron chi connectivity index (χ0n) is 6.87. The third-order valence-corrected chi connectivity index (χ3v) is 2.31. The van der Waals surface area contributed by atoms with Crippen LogP contribution in [0, 0.1) is 11.6 Å². The van der Waals surface area contributed by atoms with Gasteiger partial charge in [-0.05, 0) is 29.0 Å². The third kappa shape index (κ3) is 1.97. The minimum Gasteiger partial charge on any atom is -0.506 e. The minimum atomic E-state index is -1.07. The Morgan fingerprint density at radius 1 is 1.54 bits per heavy atom. The summed E-state index contributed by atoms with van der Waals surface area (Å²) in [7, 11) is 1.65. The van der Waals surface area contributed by atoms with Gasteiger partial charge in [0.1, 0.15) is 5.75 Å². The largest absolute Gasteiger partial charge is 0.506 e. The van der Waals surface area contributed by atoms with E-state index in [1.165, 1.54) is 0 Å². The van der Waals surface area contributed by atoms with Gasteiger partial charge < -0.3 is 10.4 Å². The van der Waals surface area contributed by atoms with Crippen molar-refractivity contribution in [3.05, 3.63) is 27.7 Å². The van der Waals surface area contributed by atoms with Crippen LogP contribution in [-0.4, -0.2) is 12.2 Å². The first-order chi connectivity index (χ1) is 6.07. The van der Waals surface area contributed by atoms with E-state index in [0.29, 0.717) is 5.56 Å². The van der Waals surface area contributed by atoms with Gasteiger partial charge in [-0.1, -0.05) is 0 Å². The highest BCUT2D eigenvalue weighted by atomic mass is 79.9. The molecule has 13 heavy (non-hydrogen) atoms. The van der Waals surface area contributed by atoms with Gasteiger partial charge in [0, 0.05) is 12.1 Å². The molecule has 0 radical (unpaired) electrons. The average Bonchev–Trinajstić information content (AvgIpc) is 2.11. The molecule has 1 aromatic carbocycles. The predicted octanol–water partition coefficient (Wildman–Crippen LogP) is 2.15. The lowest BCUT2D eigenvalue weighted by Crippen LogP contribution is -2.06. The summed E-state index contributed by atoms with van der Waals surface area (Å²) in [5.41, 5.74) is 0.313. The first-order valence-electron chi connectivity index (χ1n) is 3.58. The van der Waals surface area contributed by atoms with Crippen molar-refractivity contribution < 1.29 is 13.9 Å². The molecule has 1 aromatic rings. The molecular weight excluding hydrogens is 244 g/mol. The normalized spacial score (nSPS) is 10.5. The van der Waals surface area contributed by atoms with E-state index in [0.717, 1.165) is 6.07 Å². The van der Waals surface area contributed by atoms with Gasteiger partial charge in [-0.2, -0.15) is 0 Å². The van der Waals surface area contributed by atoms with Crippen LogP contribution in [0.1, 0.15) is 5.56 Å². The lowest BCUT2D eigenvalue weighted by molar-refractivity contribution is 0.439. The fraction of sp³-hybridized carbons (Fsp3) is 0.250. The predicted molar refractivity (Wildman–Crippen MR) is 48.5 cm³/mol. The topological polar surface area (TPSA) is 32.3 Å². The van der Waals surface area contributed by atoms with Crippen molar-refractivity contribution >= 4 is 15.9 Å². The van der Waals surface area contributed by atoms with Crippen molar-refractivity contribution in [1.29, 1.82) is 0 Å². The molecule has 0 saturated heterocycles. The molecule has 0 aliphatic carbocycles. The molecule has 2 N–H and O–H groups in total. The van der Waals surface area contributed by atoms with Crippen molar-refractivity contribution in [3.63, 3.8) is 0 Å². The summed E-state index contributed by atoms with van der Waals surface area (Å²) in [6, 6.07) is 0.964. The summed E-state index contributed by atoms with van der Waals surface area (Å²) in [6.45, 7) is 0.279. The first kappa shape index (κ1) is 10.4. The number of rotatable bonds is 2. The van der Waals surface area contributed by atoms with Crippen LogP contribution in [0.4, 0.5) is 8.78 Å². The number of benzene rings is 1. The Bertz CT molecular complexity index is 330. The number of nitrogens with one attached hydrogen (secondary N) is 1. The van der Waals surface area contributed by atoms with E-state index in [9.17, 15) is 13.9 Å². The highest BCUT2D eigenvalue weighted by Crippen LogP contribution is 2.32. The van der Waals surface area contributed by atoms with Crippen molar-refractivity contribution in [2.75, 3.05) is 7.05 Å². The lowest BCUT2D eigenvalue weighted by atomic mass is 10.2. The molecule has 0 fully saturated rings. The Kier molecular flexibility index (Phi) is 3.22. The summed E-state index contributed by atoms with van der Waals surface area (Å²) in [5, 5.41) is 12.1. The highest BCUT2D eigenvalue weighted by Gasteiger charge is 2.15. The number of phenols is 1. The summed E-state index contributed by atoms with van der Waals surface area (Å²) in [4.78, 5) is 0. The maximum atomic E-state index is 12.8. The number of halogens is 3. The van der Waals surface area contributed by atoms with E-state index in [1.807, 2.05) is 0 Å². The van der Waals surface area contributed by atoms with E-state index in [4.69, 9.17) is 0 Å². The summed E-state index contributed by atoms with van der Waals surface area (Å²) < 4.78 is 25.4. The Labute approximate surface area is 82.7 Å². The highest BCUT2D eigenvalue weighted by molar-refractivity contribution is 9.10. The molecule has 1 rings (SSSR count). The lowest BCUT2D eigenvalue weighted by Gasteiger charge is -2.06. The smallest absolute Gasteiger partial charge is 0.176 e. The second-order valence-corrected chi connectivity index (χ2v) is 3.32. The van der Waals surface area contributed by atoms with Gasteiger partial charge in [0.15, 0.2) is 11.6 Å². The molecule has 0 aliphatic heterocycles. The molecule has 5 heteroatoms. The molecule has 0 bridgehead atoms. The molecular formula is C8H8BrF2NO. The van der Waals surface area contributed by atoms with E-state index in [-0.39, 0.29) is 16.8 Å². The molecule has 72 valence electrons. The molecule has 0 heterocycles. The van der Waals surface area contributed by atoms with Crippen molar-refractivity contribution in [2.24, 2.45) is 0 Å². The van der Waals surface area contributed by atoms with Gasteiger partial charge in [-0.15, -0.1) is 0 Å². The van der Waals surface area contributed by atoms with Crippen LogP contribution in [0.15, 0.2) is 10.5 Å². The standard InChI is InChI=1S/C8H8BrF2NO/c1-12-3-4-2-5(10)7(11)6(9)8(4)13/h2,12-13H,3H2,1H3. The van der Waals surface area contributed by atoms with Crippen LogP contribution < -0.4 is 5.32 Å². The van der Waals surface area contributed by atoms with Crippen LogP contribution in [-0.2, 0) is 6.54 Å². The fourth-order valence-corrected chi connectivity index (χ4v) is 1.40. The van der Waals surface area contributed by atoms with E-state index in [2.05, 4.69) is 21.2 Å². The summed E-state index contributed by atoms with van der Waals surface area (Å²) in [5.74, 6) is -2.32. The maximum Gasteiger partial charge on any atom is 0.176 e. The first-order valence-corrected chi connectivity index (χ1v) is 4.37. The Morgan fingerprint density at radius 3 is 2.69 bits per heavy atom. The molecule has 2 nitrogen and oxygen atoms in total. The molecule has 0 saturated carbocycles. The molecule has 0 aromatic heterocycles. The second kappa shape index (κ2) is 4.02. The van der Waals surface area contributed by atoms with E-state index < -0.39 is 11.6 Å². The SMILES string of the molecule is CNCc1cc(F)c(F)c(Br)c1O. The van der Waals surface area contributed by atoms with Gasteiger partial charge in [0.25, 0.3) is 0 Å². The maximum absolute atomic E-state index is 12.8. The van der Waals surface area contributed by atoms with Crippen molar-refractivity contribution in [1.82, 2.24) is 5.32 Å².